The van der Waals surface area contributed by atoms with E-state index in [1.165, 1.54) is 0 Å². The summed E-state index contributed by atoms with van der Waals surface area (Å²) in [6, 6.07) is 8.24. The Morgan fingerprint density at radius 3 is 2.50 bits per heavy atom. The highest BCUT2D eigenvalue weighted by Gasteiger charge is 2.14. The predicted molar refractivity (Wildman–Crippen MR) is 79.4 cm³/mol. The molecule has 20 heavy (non-hydrogen) atoms. The fraction of sp³-hybridized carbons (Fsp3) is 0.312. The van der Waals surface area contributed by atoms with Gasteiger partial charge in [0.15, 0.2) is 0 Å². The van der Waals surface area contributed by atoms with Crippen molar-refractivity contribution in [3.05, 3.63) is 53.3 Å². The monoisotopic (exact) mass is 272 g/mol. The van der Waals surface area contributed by atoms with E-state index in [-0.39, 0.29) is 6.04 Å². The van der Waals surface area contributed by atoms with Crippen molar-refractivity contribution in [1.29, 1.82) is 0 Å². The lowest BCUT2D eigenvalue weighted by molar-refractivity contribution is 0.410. The number of benzene rings is 1. The average Bonchev–Trinajstić information content (AvgIpc) is 2.50. The Bertz CT molecular complexity index is 584. The number of hydrogen-bond acceptors (Lipinski definition) is 4. The lowest BCUT2D eigenvalue weighted by atomic mass is 9.98. The van der Waals surface area contributed by atoms with Crippen LogP contribution in [0.15, 0.2) is 36.7 Å². The molecular formula is C16H20N2O2. The largest absolute Gasteiger partial charge is 0.496 e. The summed E-state index contributed by atoms with van der Waals surface area (Å²) in [7, 11) is 5.26. The van der Waals surface area contributed by atoms with E-state index in [1.807, 2.05) is 26.2 Å². The zero-order valence-electron chi connectivity index (χ0n) is 12.3. The van der Waals surface area contributed by atoms with Crippen molar-refractivity contribution >= 4 is 0 Å². The summed E-state index contributed by atoms with van der Waals surface area (Å²) in [5.74, 6) is 1.64. The van der Waals surface area contributed by atoms with Crippen LogP contribution in [0, 0.1) is 6.92 Å². The topological polar surface area (TPSA) is 43.4 Å². The average molecular weight is 272 g/mol. The molecule has 0 amide bonds. The van der Waals surface area contributed by atoms with Gasteiger partial charge < -0.3 is 14.8 Å². The molecule has 1 atom stereocenters. The summed E-state index contributed by atoms with van der Waals surface area (Å²) in [6.45, 7) is 2.03. The molecule has 1 aromatic heterocycles. The second-order valence-corrected chi connectivity index (χ2v) is 4.61. The van der Waals surface area contributed by atoms with Crippen LogP contribution in [0.3, 0.4) is 0 Å². The molecule has 4 heteroatoms. The highest BCUT2D eigenvalue weighted by atomic mass is 16.5. The molecular weight excluding hydrogens is 252 g/mol. The number of methoxy groups -OCH3 is 2. The maximum absolute atomic E-state index is 5.39. The number of nitrogens with one attached hydrogen (secondary N) is 1. The number of aromatic nitrogens is 1. The SMILES string of the molecule is CNC(c1cncc(OC)c1)c1ccc(C)c(OC)c1. The molecule has 1 heterocycles. The number of nitrogens with zero attached hydrogens (tertiary/aromatic N) is 1. The second-order valence-electron chi connectivity index (χ2n) is 4.61. The number of rotatable bonds is 5. The zero-order valence-corrected chi connectivity index (χ0v) is 12.3. The predicted octanol–water partition coefficient (Wildman–Crippen LogP) is 2.72. The maximum atomic E-state index is 5.39. The number of ether oxygens (including phenoxy) is 2. The molecule has 0 aliphatic carbocycles. The minimum absolute atomic E-state index is 0.0482. The first-order valence-electron chi connectivity index (χ1n) is 6.50. The number of pyridine rings is 1. The van der Waals surface area contributed by atoms with Crippen LogP contribution in [0.5, 0.6) is 11.5 Å². The Morgan fingerprint density at radius 1 is 1.05 bits per heavy atom. The van der Waals surface area contributed by atoms with Crippen molar-refractivity contribution in [2.24, 2.45) is 0 Å². The Kier molecular flexibility index (Phi) is 4.58. The highest BCUT2D eigenvalue weighted by molar-refractivity contribution is 5.41. The zero-order chi connectivity index (χ0) is 14.5. The van der Waals surface area contributed by atoms with E-state index >= 15 is 0 Å². The molecule has 1 unspecified atom stereocenters. The molecule has 4 nitrogen and oxygen atoms in total. The van der Waals surface area contributed by atoms with E-state index in [4.69, 9.17) is 9.47 Å². The molecule has 0 saturated heterocycles. The van der Waals surface area contributed by atoms with Crippen LogP contribution in [0.4, 0.5) is 0 Å². The Balaban J connectivity index is 2.41. The normalized spacial score (nSPS) is 12.0. The maximum Gasteiger partial charge on any atom is 0.137 e. The van der Waals surface area contributed by atoms with Gasteiger partial charge in [-0.3, -0.25) is 4.98 Å². The molecule has 0 radical (unpaired) electrons. The quantitative estimate of drug-likeness (QED) is 0.909. The summed E-state index contributed by atoms with van der Waals surface area (Å²) < 4.78 is 10.6. The van der Waals surface area contributed by atoms with E-state index in [0.717, 1.165) is 28.2 Å². The third-order valence-corrected chi connectivity index (χ3v) is 3.36. The van der Waals surface area contributed by atoms with Gasteiger partial charge in [-0.2, -0.15) is 0 Å². The summed E-state index contributed by atoms with van der Waals surface area (Å²) >= 11 is 0. The molecule has 2 rings (SSSR count). The molecule has 2 aromatic rings. The first-order valence-corrected chi connectivity index (χ1v) is 6.50. The number of aryl methyl sites for hydroxylation is 1. The number of hydrogen-bond donors (Lipinski definition) is 1. The second kappa shape index (κ2) is 6.39. The Hall–Kier alpha value is -2.07. The highest BCUT2D eigenvalue weighted by Crippen LogP contribution is 2.28. The van der Waals surface area contributed by atoms with Gasteiger partial charge in [-0.15, -0.1) is 0 Å². The van der Waals surface area contributed by atoms with Crippen LogP contribution in [-0.2, 0) is 0 Å². The van der Waals surface area contributed by atoms with E-state index in [9.17, 15) is 0 Å². The molecule has 0 aliphatic rings. The molecule has 0 saturated carbocycles. The fourth-order valence-electron chi connectivity index (χ4n) is 2.25. The van der Waals surface area contributed by atoms with Gasteiger partial charge in [0.2, 0.25) is 0 Å². The van der Waals surface area contributed by atoms with E-state index in [0.29, 0.717) is 0 Å². The van der Waals surface area contributed by atoms with E-state index in [1.54, 1.807) is 20.4 Å². The summed E-state index contributed by atoms with van der Waals surface area (Å²) in [6.07, 6.45) is 3.54. The fourth-order valence-corrected chi connectivity index (χ4v) is 2.25. The minimum atomic E-state index is 0.0482. The Morgan fingerprint density at radius 2 is 1.85 bits per heavy atom. The summed E-state index contributed by atoms with van der Waals surface area (Å²) in [4.78, 5) is 4.21. The van der Waals surface area contributed by atoms with Crippen molar-refractivity contribution < 1.29 is 9.47 Å². The van der Waals surface area contributed by atoms with Crippen LogP contribution in [0.2, 0.25) is 0 Å². The van der Waals surface area contributed by atoms with Crippen molar-refractivity contribution in [3.8, 4) is 11.5 Å². The smallest absolute Gasteiger partial charge is 0.137 e. The van der Waals surface area contributed by atoms with Crippen LogP contribution in [0.1, 0.15) is 22.7 Å². The third-order valence-electron chi connectivity index (χ3n) is 3.36. The lowest BCUT2D eigenvalue weighted by Crippen LogP contribution is -2.18. The van der Waals surface area contributed by atoms with Gasteiger partial charge in [-0.1, -0.05) is 12.1 Å². The Labute approximate surface area is 119 Å². The van der Waals surface area contributed by atoms with Crippen molar-refractivity contribution in [2.75, 3.05) is 21.3 Å². The van der Waals surface area contributed by atoms with Crippen molar-refractivity contribution in [3.63, 3.8) is 0 Å². The van der Waals surface area contributed by atoms with Crippen molar-refractivity contribution in [2.45, 2.75) is 13.0 Å². The van der Waals surface area contributed by atoms with E-state index in [2.05, 4.69) is 28.5 Å². The molecule has 1 N–H and O–H groups in total. The first kappa shape index (κ1) is 14.3. The molecule has 1 aromatic carbocycles. The van der Waals surface area contributed by atoms with Gasteiger partial charge in [0.25, 0.3) is 0 Å². The van der Waals surface area contributed by atoms with E-state index < -0.39 is 0 Å². The standard InChI is InChI=1S/C16H20N2O2/c1-11-5-6-12(8-15(11)20-4)16(17-2)13-7-14(19-3)10-18-9-13/h5-10,16-17H,1-4H3. The van der Waals surface area contributed by atoms with Crippen molar-refractivity contribution in [1.82, 2.24) is 10.3 Å². The lowest BCUT2D eigenvalue weighted by Gasteiger charge is -2.19. The summed E-state index contributed by atoms with van der Waals surface area (Å²) in [5.41, 5.74) is 3.30. The minimum Gasteiger partial charge on any atom is -0.496 e. The summed E-state index contributed by atoms with van der Waals surface area (Å²) in [5, 5.41) is 3.31. The molecule has 0 bridgehead atoms. The molecule has 106 valence electrons. The van der Waals surface area contributed by atoms with Gasteiger partial charge in [-0.05, 0) is 42.8 Å². The third kappa shape index (κ3) is 2.91. The van der Waals surface area contributed by atoms with Gasteiger partial charge in [0.05, 0.1) is 26.5 Å². The molecule has 0 aliphatic heterocycles. The van der Waals surface area contributed by atoms with Crippen LogP contribution in [-0.4, -0.2) is 26.3 Å². The molecule has 0 fully saturated rings. The first-order chi connectivity index (χ1) is 9.69. The van der Waals surface area contributed by atoms with Crippen LogP contribution >= 0.6 is 0 Å². The van der Waals surface area contributed by atoms with Gasteiger partial charge >= 0.3 is 0 Å². The van der Waals surface area contributed by atoms with Crippen LogP contribution in [0.25, 0.3) is 0 Å². The molecule has 0 spiro atoms. The van der Waals surface area contributed by atoms with Gasteiger partial charge in [0.1, 0.15) is 11.5 Å². The van der Waals surface area contributed by atoms with Gasteiger partial charge in [-0.25, -0.2) is 0 Å². The van der Waals surface area contributed by atoms with Gasteiger partial charge in [0, 0.05) is 6.20 Å². The van der Waals surface area contributed by atoms with Crippen LogP contribution < -0.4 is 14.8 Å².